The van der Waals surface area contributed by atoms with Gasteiger partial charge in [-0.25, -0.2) is 0 Å². The Hall–Kier alpha value is -2.14. The van der Waals surface area contributed by atoms with Crippen LogP contribution in [0.3, 0.4) is 0 Å². The quantitative estimate of drug-likeness (QED) is 0.733. The van der Waals surface area contributed by atoms with E-state index in [4.69, 9.17) is 6.42 Å². The minimum absolute atomic E-state index is 0.612. The zero-order valence-corrected chi connectivity index (χ0v) is 15.6. The lowest BCUT2D eigenvalue weighted by molar-refractivity contribution is 0.363. The molecule has 24 heavy (non-hydrogen) atoms. The summed E-state index contributed by atoms with van der Waals surface area (Å²) in [5.74, 6) is 3.37. The van der Waals surface area contributed by atoms with Crippen LogP contribution in [-0.4, -0.2) is 24.7 Å². The fourth-order valence-corrected chi connectivity index (χ4v) is 4.54. The summed E-state index contributed by atoms with van der Waals surface area (Å²) in [6.45, 7) is 14.3. The molecule has 0 saturated carbocycles. The van der Waals surface area contributed by atoms with Crippen LogP contribution in [-0.2, 0) is 0 Å². The van der Waals surface area contributed by atoms with E-state index < -0.39 is 0 Å². The van der Waals surface area contributed by atoms with E-state index in [9.17, 15) is 0 Å². The normalized spacial score (nSPS) is 21.2. The molecule has 1 aliphatic heterocycles. The van der Waals surface area contributed by atoms with Gasteiger partial charge in [0.2, 0.25) is 0 Å². The summed E-state index contributed by atoms with van der Waals surface area (Å²) >= 11 is 0. The van der Waals surface area contributed by atoms with E-state index in [1.165, 1.54) is 40.1 Å². The molecular weight excluding hydrogens is 292 g/mol. The number of nitrogens with zero attached hydrogens (tertiary/aromatic N) is 2. The van der Waals surface area contributed by atoms with E-state index in [2.05, 4.69) is 68.5 Å². The van der Waals surface area contributed by atoms with Gasteiger partial charge in [0.05, 0.1) is 6.67 Å². The van der Waals surface area contributed by atoms with E-state index in [1.54, 1.807) is 0 Å². The van der Waals surface area contributed by atoms with Crippen LogP contribution in [0.25, 0.3) is 0 Å². The van der Waals surface area contributed by atoms with Gasteiger partial charge in [-0.1, -0.05) is 24.5 Å². The van der Waals surface area contributed by atoms with E-state index in [0.717, 1.165) is 25.3 Å². The van der Waals surface area contributed by atoms with Crippen molar-refractivity contribution in [3.05, 3.63) is 51.7 Å². The summed E-state index contributed by atoms with van der Waals surface area (Å²) in [6, 6.07) is 4.26. The van der Waals surface area contributed by atoms with Crippen LogP contribution >= 0.6 is 0 Å². The molecule has 126 valence electrons. The lowest BCUT2D eigenvalue weighted by Crippen LogP contribution is -2.30. The number of terminal acetylenes is 1. The highest BCUT2D eigenvalue weighted by atomic mass is 15.4. The summed E-state index contributed by atoms with van der Waals surface area (Å²) in [6.07, 6.45) is 9.11. The highest BCUT2D eigenvalue weighted by Crippen LogP contribution is 2.35. The number of rotatable bonds is 2. The predicted octanol–water partition coefficient (Wildman–Crippen LogP) is 4.62. The van der Waals surface area contributed by atoms with Crippen LogP contribution in [0.1, 0.15) is 43.9 Å². The Morgan fingerprint density at radius 3 is 2.25 bits per heavy atom. The van der Waals surface area contributed by atoms with Crippen LogP contribution in [0, 0.1) is 32.1 Å². The van der Waals surface area contributed by atoms with E-state index in [1.807, 2.05) is 0 Å². The highest BCUT2D eigenvalue weighted by Gasteiger charge is 2.28. The molecule has 1 fully saturated rings. The predicted molar refractivity (Wildman–Crippen MR) is 103 cm³/mol. The van der Waals surface area contributed by atoms with Gasteiger partial charge in [-0.15, -0.1) is 6.42 Å². The first-order valence-electron chi connectivity index (χ1n) is 8.86. The van der Waals surface area contributed by atoms with Crippen LogP contribution < -0.4 is 4.90 Å². The molecule has 2 aliphatic rings. The van der Waals surface area contributed by atoms with Crippen molar-refractivity contribution in [1.82, 2.24) is 4.90 Å². The Bertz CT molecular complexity index is 738. The van der Waals surface area contributed by atoms with Gasteiger partial charge in [0, 0.05) is 36.0 Å². The summed E-state index contributed by atoms with van der Waals surface area (Å²) in [7, 11) is 0. The average molecular weight is 320 g/mol. The van der Waals surface area contributed by atoms with Gasteiger partial charge in [-0.05, 0) is 62.9 Å². The number of hydrogen-bond donors (Lipinski definition) is 0. The second-order valence-electron chi connectivity index (χ2n) is 7.44. The third kappa shape index (κ3) is 2.96. The van der Waals surface area contributed by atoms with Crippen molar-refractivity contribution in [2.45, 2.75) is 41.0 Å². The van der Waals surface area contributed by atoms with Gasteiger partial charge < -0.3 is 9.80 Å². The van der Waals surface area contributed by atoms with Crippen molar-refractivity contribution < 1.29 is 0 Å². The molecule has 1 atom stereocenters. The van der Waals surface area contributed by atoms with Crippen molar-refractivity contribution in [1.29, 1.82) is 0 Å². The molecule has 2 nitrogen and oxygen atoms in total. The standard InChI is InChI=1S/C22H28N2/c1-7-20-12-18(5)22(19(6)13-20)24-9-8-23(14-24)21-16(3)10-15(2)11-17(21)4/h1,10,12-13,17H,8-9,11,14H2,2-6H3/t17-/m0/s1. The second-order valence-corrected chi connectivity index (χ2v) is 7.44. The smallest absolute Gasteiger partial charge is 0.0902 e. The zero-order chi connectivity index (χ0) is 17.4. The molecular formula is C22H28N2. The Balaban J connectivity index is 1.87. The van der Waals surface area contributed by atoms with E-state index in [0.29, 0.717) is 5.92 Å². The van der Waals surface area contributed by atoms with Crippen molar-refractivity contribution in [2.75, 3.05) is 24.7 Å². The number of anilines is 1. The molecule has 1 saturated heterocycles. The molecule has 0 amide bonds. The van der Waals surface area contributed by atoms with E-state index >= 15 is 0 Å². The molecule has 3 rings (SSSR count). The SMILES string of the molecule is C#Cc1cc(C)c(N2CCN(C3=C(C)C=C(C)C[C@@H]3C)C2)c(C)c1. The van der Waals surface area contributed by atoms with Gasteiger partial charge >= 0.3 is 0 Å². The number of aryl methyl sites for hydroxylation is 2. The van der Waals surface area contributed by atoms with Crippen molar-refractivity contribution >= 4 is 5.69 Å². The molecule has 2 heteroatoms. The fourth-order valence-electron chi connectivity index (χ4n) is 4.54. The molecule has 0 aromatic heterocycles. The lowest BCUT2D eigenvalue weighted by atomic mass is 9.89. The van der Waals surface area contributed by atoms with Crippen molar-refractivity contribution in [3.8, 4) is 12.3 Å². The first kappa shape index (κ1) is 16.7. The molecule has 0 radical (unpaired) electrons. The molecule has 1 heterocycles. The third-order valence-electron chi connectivity index (χ3n) is 5.26. The van der Waals surface area contributed by atoms with Crippen molar-refractivity contribution in [2.24, 2.45) is 5.92 Å². The molecule has 0 bridgehead atoms. The molecule has 1 aromatic carbocycles. The molecule has 1 aromatic rings. The average Bonchev–Trinajstić information content (AvgIpc) is 2.94. The first-order valence-corrected chi connectivity index (χ1v) is 8.86. The van der Waals surface area contributed by atoms with Gasteiger partial charge in [0.25, 0.3) is 0 Å². The van der Waals surface area contributed by atoms with Gasteiger partial charge in [-0.2, -0.15) is 0 Å². The summed E-state index contributed by atoms with van der Waals surface area (Å²) in [5, 5.41) is 0. The molecule has 0 unspecified atom stereocenters. The Morgan fingerprint density at radius 2 is 1.67 bits per heavy atom. The summed E-state index contributed by atoms with van der Waals surface area (Å²) in [5.41, 5.74) is 9.35. The maximum Gasteiger partial charge on any atom is 0.0902 e. The van der Waals surface area contributed by atoms with Gasteiger partial charge in [-0.3, -0.25) is 0 Å². The number of hydrogen-bond acceptors (Lipinski definition) is 2. The zero-order valence-electron chi connectivity index (χ0n) is 15.6. The second kappa shape index (κ2) is 6.40. The minimum atomic E-state index is 0.612. The van der Waals surface area contributed by atoms with Gasteiger partial charge in [0.1, 0.15) is 0 Å². The summed E-state index contributed by atoms with van der Waals surface area (Å²) < 4.78 is 0. The topological polar surface area (TPSA) is 6.48 Å². The number of allylic oxidation sites excluding steroid dienone is 4. The lowest BCUT2D eigenvalue weighted by Gasteiger charge is -2.32. The van der Waals surface area contributed by atoms with Crippen LogP contribution in [0.4, 0.5) is 5.69 Å². The summed E-state index contributed by atoms with van der Waals surface area (Å²) in [4.78, 5) is 5.07. The van der Waals surface area contributed by atoms with Crippen molar-refractivity contribution in [3.63, 3.8) is 0 Å². The Labute approximate surface area is 146 Å². The fraction of sp³-hybridized carbons (Fsp3) is 0.455. The largest absolute Gasteiger partial charge is 0.355 e. The third-order valence-corrected chi connectivity index (χ3v) is 5.26. The maximum atomic E-state index is 5.57. The monoisotopic (exact) mass is 320 g/mol. The van der Waals surface area contributed by atoms with Crippen LogP contribution in [0.2, 0.25) is 0 Å². The maximum absolute atomic E-state index is 5.57. The first-order chi connectivity index (χ1) is 11.4. The number of benzene rings is 1. The Kier molecular flexibility index (Phi) is 4.45. The molecule has 1 aliphatic carbocycles. The van der Waals surface area contributed by atoms with Crippen LogP contribution in [0.5, 0.6) is 0 Å². The molecule has 0 N–H and O–H groups in total. The Morgan fingerprint density at radius 1 is 1.04 bits per heavy atom. The van der Waals surface area contributed by atoms with Crippen LogP contribution in [0.15, 0.2) is 35.1 Å². The molecule has 0 spiro atoms. The minimum Gasteiger partial charge on any atom is -0.355 e. The van der Waals surface area contributed by atoms with E-state index in [-0.39, 0.29) is 0 Å². The van der Waals surface area contributed by atoms with Gasteiger partial charge in [0.15, 0.2) is 0 Å². The highest BCUT2D eigenvalue weighted by molar-refractivity contribution is 5.62.